The molecule has 2 aromatic rings. The Morgan fingerprint density at radius 1 is 1.44 bits per heavy atom. The van der Waals surface area contributed by atoms with Crippen molar-refractivity contribution < 1.29 is 4.52 Å². The Labute approximate surface area is 106 Å². The summed E-state index contributed by atoms with van der Waals surface area (Å²) in [7, 11) is 0. The maximum Gasteiger partial charge on any atom is 0.243 e. The van der Waals surface area contributed by atoms with Gasteiger partial charge in [-0.25, -0.2) is 0 Å². The minimum absolute atomic E-state index is 0.150. The minimum Gasteiger partial charge on any atom is -0.338 e. The minimum atomic E-state index is -0.150. The summed E-state index contributed by atoms with van der Waals surface area (Å²) in [5.41, 5.74) is 8.63. The van der Waals surface area contributed by atoms with Gasteiger partial charge in [0.1, 0.15) is 0 Å². The highest BCUT2D eigenvalue weighted by atomic mass is 16.5. The molecule has 1 heterocycles. The summed E-state index contributed by atoms with van der Waals surface area (Å²) in [6.45, 7) is 2.01. The molecule has 4 nitrogen and oxygen atoms in total. The van der Waals surface area contributed by atoms with Crippen LogP contribution in [0, 0.1) is 0 Å². The van der Waals surface area contributed by atoms with Crippen LogP contribution in [0.2, 0.25) is 0 Å². The first-order valence-corrected chi connectivity index (χ1v) is 6.46. The van der Waals surface area contributed by atoms with E-state index in [-0.39, 0.29) is 12.0 Å². The Kier molecular flexibility index (Phi) is 2.88. The smallest absolute Gasteiger partial charge is 0.243 e. The molecule has 0 bridgehead atoms. The van der Waals surface area contributed by atoms with Crippen LogP contribution >= 0.6 is 0 Å². The third-order valence-electron chi connectivity index (χ3n) is 3.66. The van der Waals surface area contributed by atoms with Crippen LogP contribution in [0.5, 0.6) is 0 Å². The molecule has 0 radical (unpaired) electrons. The second-order valence-electron chi connectivity index (χ2n) is 4.80. The molecule has 1 aliphatic rings. The molecule has 2 atom stereocenters. The summed E-state index contributed by atoms with van der Waals surface area (Å²) in [6, 6.07) is 8.32. The van der Waals surface area contributed by atoms with Crippen LogP contribution in [0.15, 0.2) is 28.8 Å². The van der Waals surface area contributed by atoms with Crippen molar-refractivity contribution in [3.8, 4) is 0 Å². The van der Waals surface area contributed by atoms with E-state index in [1.807, 2.05) is 6.92 Å². The van der Waals surface area contributed by atoms with E-state index in [0.29, 0.717) is 5.89 Å². The second-order valence-corrected chi connectivity index (χ2v) is 4.80. The average molecular weight is 243 g/mol. The number of fused-ring (bicyclic) bond motifs is 1. The van der Waals surface area contributed by atoms with Gasteiger partial charge >= 0.3 is 0 Å². The van der Waals surface area contributed by atoms with Gasteiger partial charge in [0.2, 0.25) is 5.89 Å². The van der Waals surface area contributed by atoms with Crippen LogP contribution in [0.25, 0.3) is 0 Å². The van der Waals surface area contributed by atoms with Gasteiger partial charge in [-0.2, -0.15) is 4.98 Å². The first kappa shape index (κ1) is 11.4. The molecular weight excluding hydrogens is 226 g/mol. The number of aryl methyl sites for hydroxylation is 1. The van der Waals surface area contributed by atoms with Gasteiger partial charge < -0.3 is 10.3 Å². The van der Waals surface area contributed by atoms with Crippen molar-refractivity contribution >= 4 is 0 Å². The number of rotatable bonds is 3. The van der Waals surface area contributed by atoms with Gasteiger partial charge in [0.15, 0.2) is 5.82 Å². The zero-order valence-corrected chi connectivity index (χ0v) is 10.5. The van der Waals surface area contributed by atoms with Crippen molar-refractivity contribution in [2.75, 3.05) is 0 Å². The van der Waals surface area contributed by atoms with Crippen molar-refractivity contribution in [3.63, 3.8) is 0 Å². The molecule has 1 aromatic carbocycles. The Hall–Kier alpha value is -1.68. The zero-order chi connectivity index (χ0) is 12.5. The number of aromatic nitrogens is 2. The maximum absolute atomic E-state index is 5.90. The standard InChI is InChI=1S/C14H17N3O/c1-2-12(15)14-16-13(17-18-14)11-8-7-9-5-3-4-6-10(9)11/h3-6,11-12H,2,7-8,15H2,1H3. The van der Waals surface area contributed by atoms with Crippen molar-refractivity contribution in [3.05, 3.63) is 47.1 Å². The average Bonchev–Trinajstić information content (AvgIpc) is 3.03. The molecule has 0 saturated carbocycles. The Balaban J connectivity index is 1.91. The molecule has 0 aliphatic heterocycles. The number of nitrogens with two attached hydrogens (primary N) is 1. The SMILES string of the molecule is CCC(N)c1nc(C2CCc3ccccc32)no1. The summed E-state index contributed by atoms with van der Waals surface area (Å²) < 4.78 is 5.26. The first-order valence-electron chi connectivity index (χ1n) is 6.46. The molecule has 0 fully saturated rings. The van der Waals surface area contributed by atoms with Crippen LogP contribution in [-0.2, 0) is 6.42 Å². The number of hydrogen-bond acceptors (Lipinski definition) is 4. The van der Waals surface area contributed by atoms with Crippen molar-refractivity contribution in [1.82, 2.24) is 10.1 Å². The fraction of sp³-hybridized carbons (Fsp3) is 0.429. The first-order chi connectivity index (χ1) is 8.79. The van der Waals surface area contributed by atoms with Gasteiger partial charge in [0, 0.05) is 5.92 Å². The van der Waals surface area contributed by atoms with Crippen LogP contribution in [-0.4, -0.2) is 10.1 Å². The molecule has 1 aliphatic carbocycles. The van der Waals surface area contributed by atoms with E-state index < -0.39 is 0 Å². The third-order valence-corrected chi connectivity index (χ3v) is 3.66. The monoisotopic (exact) mass is 243 g/mol. The molecule has 1 aromatic heterocycles. The van der Waals surface area contributed by atoms with E-state index in [0.717, 1.165) is 25.1 Å². The molecule has 0 amide bonds. The van der Waals surface area contributed by atoms with Crippen LogP contribution in [0.1, 0.15) is 54.6 Å². The number of nitrogens with zero attached hydrogens (tertiary/aromatic N) is 2. The summed E-state index contributed by atoms with van der Waals surface area (Å²) in [4.78, 5) is 4.46. The molecule has 4 heteroatoms. The largest absolute Gasteiger partial charge is 0.338 e. The number of hydrogen-bond donors (Lipinski definition) is 1. The predicted molar refractivity (Wildman–Crippen MR) is 68.1 cm³/mol. The van der Waals surface area contributed by atoms with Crippen LogP contribution in [0.4, 0.5) is 0 Å². The normalized spacial score (nSPS) is 19.8. The molecule has 0 spiro atoms. The van der Waals surface area contributed by atoms with E-state index in [1.165, 1.54) is 11.1 Å². The van der Waals surface area contributed by atoms with Gasteiger partial charge in [-0.15, -0.1) is 0 Å². The molecule has 0 saturated heterocycles. The lowest BCUT2D eigenvalue weighted by molar-refractivity contribution is 0.347. The third kappa shape index (κ3) is 1.82. The van der Waals surface area contributed by atoms with Gasteiger partial charge in [-0.1, -0.05) is 36.3 Å². The highest BCUT2D eigenvalue weighted by Crippen LogP contribution is 2.36. The molecule has 2 unspecified atom stereocenters. The predicted octanol–water partition coefficient (Wildman–Crippen LogP) is 2.56. The fourth-order valence-electron chi connectivity index (χ4n) is 2.54. The second kappa shape index (κ2) is 4.53. The van der Waals surface area contributed by atoms with Crippen molar-refractivity contribution in [2.24, 2.45) is 5.73 Å². The lowest BCUT2D eigenvalue weighted by Crippen LogP contribution is -2.09. The summed E-state index contributed by atoms with van der Waals surface area (Å²) >= 11 is 0. The molecular formula is C14H17N3O. The van der Waals surface area contributed by atoms with Crippen molar-refractivity contribution in [1.29, 1.82) is 0 Å². The Morgan fingerprint density at radius 3 is 3.11 bits per heavy atom. The Bertz CT molecular complexity index is 549. The lowest BCUT2D eigenvalue weighted by Gasteiger charge is -2.05. The summed E-state index contributed by atoms with van der Waals surface area (Å²) in [6.07, 6.45) is 2.95. The Morgan fingerprint density at radius 2 is 2.28 bits per heavy atom. The van der Waals surface area contributed by atoms with Gasteiger partial charge in [0.05, 0.1) is 6.04 Å². The zero-order valence-electron chi connectivity index (χ0n) is 10.5. The number of benzene rings is 1. The maximum atomic E-state index is 5.90. The van der Waals surface area contributed by atoms with Crippen LogP contribution < -0.4 is 5.73 Å². The van der Waals surface area contributed by atoms with Gasteiger partial charge in [-0.05, 0) is 30.4 Å². The fourth-order valence-corrected chi connectivity index (χ4v) is 2.54. The highest BCUT2D eigenvalue weighted by molar-refractivity contribution is 5.38. The summed E-state index contributed by atoms with van der Waals surface area (Å²) in [5.74, 6) is 1.60. The highest BCUT2D eigenvalue weighted by Gasteiger charge is 2.28. The van der Waals surface area contributed by atoms with Crippen molar-refractivity contribution in [2.45, 2.75) is 38.1 Å². The van der Waals surface area contributed by atoms with Gasteiger partial charge in [-0.3, -0.25) is 0 Å². The molecule has 2 N–H and O–H groups in total. The molecule has 3 rings (SSSR count). The van der Waals surface area contributed by atoms with E-state index in [9.17, 15) is 0 Å². The molecule has 18 heavy (non-hydrogen) atoms. The molecule has 94 valence electrons. The quantitative estimate of drug-likeness (QED) is 0.899. The van der Waals surface area contributed by atoms with E-state index in [1.54, 1.807) is 0 Å². The summed E-state index contributed by atoms with van der Waals surface area (Å²) in [5, 5.41) is 4.10. The van der Waals surface area contributed by atoms with E-state index >= 15 is 0 Å². The topological polar surface area (TPSA) is 64.9 Å². The lowest BCUT2D eigenvalue weighted by atomic mass is 10.0. The van der Waals surface area contributed by atoms with E-state index in [4.69, 9.17) is 10.3 Å². The van der Waals surface area contributed by atoms with Gasteiger partial charge in [0.25, 0.3) is 0 Å². The van der Waals surface area contributed by atoms with Crippen LogP contribution in [0.3, 0.4) is 0 Å². The van der Waals surface area contributed by atoms with E-state index in [2.05, 4.69) is 34.4 Å².